The number of nitrogen functional groups attached to an aromatic ring is 1. The van der Waals surface area contributed by atoms with Crippen molar-refractivity contribution in [1.82, 2.24) is 34.9 Å². The number of unbranched alkanes of at least 4 members (excludes halogenated alkanes) is 5. The molecule has 2 aromatic heterocycles. The fraction of sp³-hybridized carbons (Fsp3) is 0.568. The van der Waals surface area contributed by atoms with Crippen molar-refractivity contribution in [3.05, 3.63) is 53.0 Å². The SMILES string of the molecule is CN(C)C.CN(C/C=C/C(=O)N1CCCCC1)CCCCCCCCN.Cc1c(CC=O)ccc(NC(=O)c2[nH]nc3ncnc(N)c23)c1C. The lowest BCUT2D eigenvalue weighted by Gasteiger charge is -2.25. The van der Waals surface area contributed by atoms with Crippen LogP contribution in [0.15, 0.2) is 30.6 Å². The highest BCUT2D eigenvalue weighted by molar-refractivity contribution is 6.13. The number of fused-ring (bicyclic) bond motifs is 1. The summed E-state index contributed by atoms with van der Waals surface area (Å²) < 4.78 is 0. The maximum absolute atomic E-state index is 12.6. The van der Waals surface area contributed by atoms with Crippen molar-refractivity contribution in [2.45, 2.75) is 78.1 Å². The molecule has 1 aliphatic heterocycles. The number of nitrogens with one attached hydrogen (secondary N) is 2. The van der Waals surface area contributed by atoms with Gasteiger partial charge in [0.2, 0.25) is 5.91 Å². The van der Waals surface area contributed by atoms with Crippen LogP contribution in [0.25, 0.3) is 11.0 Å². The Bertz CT molecular complexity index is 1500. The van der Waals surface area contributed by atoms with E-state index in [0.29, 0.717) is 23.1 Å². The summed E-state index contributed by atoms with van der Waals surface area (Å²) >= 11 is 0. The van der Waals surface area contributed by atoms with Gasteiger partial charge < -0.3 is 36.3 Å². The molecule has 0 spiro atoms. The summed E-state index contributed by atoms with van der Waals surface area (Å²) in [6.07, 6.45) is 17.5. The van der Waals surface area contributed by atoms with Gasteiger partial charge in [0, 0.05) is 37.8 Å². The van der Waals surface area contributed by atoms with E-state index in [-0.39, 0.29) is 23.3 Å². The van der Waals surface area contributed by atoms with Crippen molar-refractivity contribution < 1.29 is 14.4 Å². The molecule has 0 saturated carbocycles. The van der Waals surface area contributed by atoms with Crippen LogP contribution in [0.1, 0.15) is 85.0 Å². The van der Waals surface area contributed by atoms with Crippen LogP contribution in [0, 0.1) is 13.8 Å². The monoisotopic (exact) mass is 692 g/mol. The highest BCUT2D eigenvalue weighted by Gasteiger charge is 2.19. The minimum atomic E-state index is -0.385. The second kappa shape index (κ2) is 23.2. The van der Waals surface area contributed by atoms with Crippen LogP contribution >= 0.6 is 0 Å². The lowest BCUT2D eigenvalue weighted by Crippen LogP contribution is -2.34. The van der Waals surface area contributed by atoms with Crippen molar-refractivity contribution in [2.24, 2.45) is 5.73 Å². The van der Waals surface area contributed by atoms with Crippen molar-refractivity contribution in [3.63, 3.8) is 0 Å². The summed E-state index contributed by atoms with van der Waals surface area (Å²) in [6.45, 7) is 8.48. The Hall–Kier alpha value is -4.20. The van der Waals surface area contributed by atoms with E-state index in [1.807, 2.05) is 56.9 Å². The summed E-state index contributed by atoms with van der Waals surface area (Å²) in [5.74, 6) is -0.00854. The minimum absolute atomic E-state index is 0.188. The molecule has 1 fully saturated rings. The van der Waals surface area contributed by atoms with E-state index in [1.54, 1.807) is 12.1 Å². The number of hydrogen-bond donors (Lipinski definition) is 4. The van der Waals surface area contributed by atoms with Gasteiger partial charge in [0.05, 0.1) is 5.39 Å². The number of carbonyl (C=O) groups is 3. The number of rotatable bonds is 15. The van der Waals surface area contributed by atoms with Crippen LogP contribution in [0.2, 0.25) is 0 Å². The molecular weight excluding hydrogens is 632 g/mol. The first-order valence-corrected chi connectivity index (χ1v) is 17.7. The second-order valence-electron chi connectivity index (χ2n) is 13.2. The molecule has 13 nitrogen and oxygen atoms in total. The van der Waals surface area contributed by atoms with Crippen LogP contribution < -0.4 is 16.8 Å². The molecule has 0 aliphatic carbocycles. The predicted octanol–water partition coefficient (Wildman–Crippen LogP) is 4.51. The van der Waals surface area contributed by atoms with Crippen molar-refractivity contribution in [1.29, 1.82) is 0 Å². The van der Waals surface area contributed by atoms with E-state index in [2.05, 4.69) is 37.4 Å². The summed E-state index contributed by atoms with van der Waals surface area (Å²) in [7, 11) is 8.13. The number of carbonyl (C=O) groups excluding carboxylic acids is 3. The van der Waals surface area contributed by atoms with Crippen LogP contribution in [-0.4, -0.2) is 114 Å². The van der Waals surface area contributed by atoms with Gasteiger partial charge >= 0.3 is 0 Å². The lowest BCUT2D eigenvalue weighted by atomic mass is 9.99. The number of H-pyrrole nitrogens is 1. The number of nitrogens with zero attached hydrogens (tertiary/aromatic N) is 6. The fourth-order valence-electron chi connectivity index (χ4n) is 5.43. The molecule has 4 rings (SSSR count). The summed E-state index contributed by atoms with van der Waals surface area (Å²) in [5.41, 5.74) is 15.3. The zero-order valence-corrected chi connectivity index (χ0v) is 31.1. The molecule has 3 aromatic rings. The highest BCUT2D eigenvalue weighted by Crippen LogP contribution is 2.25. The average Bonchev–Trinajstić information content (AvgIpc) is 3.54. The second-order valence-corrected chi connectivity index (χ2v) is 13.2. The van der Waals surface area contributed by atoms with Gasteiger partial charge in [-0.2, -0.15) is 5.10 Å². The molecule has 1 saturated heterocycles. The van der Waals surface area contributed by atoms with E-state index in [0.717, 1.165) is 75.0 Å². The number of benzene rings is 1. The van der Waals surface area contributed by atoms with Gasteiger partial charge in [-0.05, 0) is 110 Å². The molecule has 1 aromatic carbocycles. The number of nitrogens with two attached hydrogens (primary N) is 2. The molecule has 0 radical (unpaired) electrons. The normalized spacial score (nSPS) is 12.9. The maximum atomic E-state index is 12.6. The number of aldehydes is 1. The van der Waals surface area contributed by atoms with Crippen LogP contribution in [0.3, 0.4) is 0 Å². The van der Waals surface area contributed by atoms with Crippen LogP contribution in [-0.2, 0) is 16.0 Å². The third-order valence-corrected chi connectivity index (χ3v) is 8.40. The lowest BCUT2D eigenvalue weighted by molar-refractivity contribution is -0.126. The number of likely N-dealkylation sites (N-methyl/N-ethyl adjacent to an activating group) is 1. The topological polar surface area (TPSA) is 179 Å². The summed E-state index contributed by atoms with van der Waals surface area (Å²) in [5, 5.41) is 9.84. The Morgan fingerprint density at radius 3 is 2.28 bits per heavy atom. The molecule has 1 aliphatic rings. The Morgan fingerprint density at radius 2 is 1.62 bits per heavy atom. The molecule has 6 N–H and O–H groups in total. The van der Waals surface area contributed by atoms with Gasteiger partial charge in [-0.1, -0.05) is 37.8 Å². The fourth-order valence-corrected chi connectivity index (χ4v) is 5.43. The molecular formula is C37H60N10O3. The smallest absolute Gasteiger partial charge is 0.274 e. The van der Waals surface area contributed by atoms with E-state index in [1.165, 1.54) is 44.9 Å². The van der Waals surface area contributed by atoms with Gasteiger partial charge in [0.25, 0.3) is 5.91 Å². The van der Waals surface area contributed by atoms with Crippen molar-refractivity contribution in [2.75, 3.05) is 72.0 Å². The van der Waals surface area contributed by atoms with E-state index in [4.69, 9.17) is 11.5 Å². The Balaban J connectivity index is 0.000000315. The molecule has 50 heavy (non-hydrogen) atoms. The number of amides is 2. The van der Waals surface area contributed by atoms with E-state index in [9.17, 15) is 14.4 Å². The van der Waals surface area contributed by atoms with Crippen LogP contribution in [0.4, 0.5) is 11.5 Å². The van der Waals surface area contributed by atoms with Crippen molar-refractivity contribution >= 4 is 40.6 Å². The van der Waals surface area contributed by atoms with Gasteiger partial charge in [0.15, 0.2) is 5.65 Å². The highest BCUT2D eigenvalue weighted by atomic mass is 16.2. The number of aromatic nitrogens is 4. The zero-order valence-electron chi connectivity index (χ0n) is 31.1. The molecule has 0 bridgehead atoms. The number of aromatic amines is 1. The molecule has 3 heterocycles. The third kappa shape index (κ3) is 14.7. The van der Waals surface area contributed by atoms with E-state index < -0.39 is 0 Å². The van der Waals surface area contributed by atoms with Gasteiger partial charge in [0.1, 0.15) is 24.1 Å². The zero-order chi connectivity index (χ0) is 36.9. The molecule has 276 valence electrons. The predicted molar refractivity (Wildman–Crippen MR) is 203 cm³/mol. The number of piperidine rings is 1. The number of hydrogen-bond acceptors (Lipinski definition) is 10. The number of anilines is 2. The third-order valence-electron chi connectivity index (χ3n) is 8.40. The summed E-state index contributed by atoms with van der Waals surface area (Å²) in [4.78, 5) is 49.4. The Kier molecular flexibility index (Phi) is 19.5. The Labute approximate surface area is 298 Å². The molecule has 2 amide bonds. The Morgan fingerprint density at radius 1 is 0.960 bits per heavy atom. The van der Waals surface area contributed by atoms with Crippen molar-refractivity contribution in [3.8, 4) is 0 Å². The summed E-state index contributed by atoms with van der Waals surface area (Å²) in [6, 6.07) is 3.60. The molecule has 0 atom stereocenters. The van der Waals surface area contributed by atoms with Gasteiger partial charge in [-0.3, -0.25) is 14.7 Å². The van der Waals surface area contributed by atoms with Gasteiger partial charge in [-0.15, -0.1) is 0 Å². The quantitative estimate of drug-likeness (QED) is 0.101. The first kappa shape index (κ1) is 42.0. The molecule has 0 unspecified atom stereocenters. The first-order valence-electron chi connectivity index (χ1n) is 17.7. The van der Waals surface area contributed by atoms with Gasteiger partial charge in [-0.25, -0.2) is 9.97 Å². The average molecular weight is 693 g/mol. The van der Waals surface area contributed by atoms with Crippen LogP contribution in [0.5, 0.6) is 0 Å². The number of likely N-dealkylation sites (tertiary alicyclic amines) is 1. The minimum Gasteiger partial charge on any atom is -0.383 e. The maximum Gasteiger partial charge on any atom is 0.274 e. The molecule has 13 heteroatoms. The standard InChI is InChI=1S/C18H35N3O.C16H16N6O2.C3H9N/c1-20(14-8-5-3-2-4-7-13-19)15-11-12-18(22)21-16-9-6-10-17-21;1-8-9(2)11(4-3-10(8)5-6-23)20-16(24)13-12-14(17)18-7-19-15(12)22-21-13;1-4(2)3/h11-12H,2-10,13-17,19H2,1H3;3-4,6-7H,5H2,1-2H3,(H,20,24)(H3,17,18,19,21,22);1-3H3/b12-11+;;. The first-order chi connectivity index (χ1) is 24.0. The van der Waals surface area contributed by atoms with E-state index >= 15 is 0 Å². The largest absolute Gasteiger partial charge is 0.383 e.